The highest BCUT2D eigenvalue weighted by atomic mass is 16.5. The third-order valence-corrected chi connectivity index (χ3v) is 1.82. The first-order chi connectivity index (χ1) is 8.26. The molecule has 0 spiro atoms. The zero-order valence-electron chi connectivity index (χ0n) is 8.98. The topological polar surface area (TPSA) is 66.8 Å². The maximum atomic E-state index is 9.07. The van der Waals surface area contributed by atoms with E-state index < -0.39 is 0 Å². The summed E-state index contributed by atoms with van der Waals surface area (Å²) in [6.07, 6.45) is 0. The van der Waals surface area contributed by atoms with E-state index in [0.717, 1.165) is 5.75 Å². The summed E-state index contributed by atoms with van der Waals surface area (Å²) in [6.45, 7) is -0.250. The maximum absolute atomic E-state index is 9.07. The number of carboxylic acid groups (broad SMARTS) is 1. The Bertz CT molecular complexity index is 437. The molecule has 2 aromatic rings. The molecule has 0 aliphatic carbocycles. The van der Waals surface area contributed by atoms with Crippen LogP contribution < -0.4 is 4.74 Å². The third kappa shape index (κ3) is 4.70. The number of hydrogen-bond donors (Lipinski definition) is 2. The second kappa shape index (κ2) is 6.90. The largest absolute Gasteiger partial charge is 0.508 e. The third-order valence-electron chi connectivity index (χ3n) is 1.82. The van der Waals surface area contributed by atoms with Crippen molar-refractivity contribution >= 4 is 6.47 Å². The zero-order valence-corrected chi connectivity index (χ0v) is 8.98. The van der Waals surface area contributed by atoms with Gasteiger partial charge in [-0.1, -0.05) is 18.2 Å². The number of rotatable bonds is 2. The van der Waals surface area contributed by atoms with Gasteiger partial charge in [-0.25, -0.2) is 0 Å². The van der Waals surface area contributed by atoms with E-state index in [0.29, 0.717) is 5.75 Å². The quantitative estimate of drug-likeness (QED) is 0.781. The number of phenolic OH excluding ortho intramolecular Hbond substituents is 1. The second-order valence-corrected chi connectivity index (χ2v) is 3.01. The number of benzene rings is 2. The highest BCUT2D eigenvalue weighted by Crippen LogP contribution is 2.22. The van der Waals surface area contributed by atoms with Gasteiger partial charge in [-0.3, -0.25) is 4.79 Å². The Hall–Kier alpha value is -2.49. The van der Waals surface area contributed by atoms with Gasteiger partial charge in [-0.2, -0.15) is 0 Å². The van der Waals surface area contributed by atoms with E-state index in [1.54, 1.807) is 24.3 Å². The van der Waals surface area contributed by atoms with Gasteiger partial charge in [-0.15, -0.1) is 0 Å². The molecule has 0 atom stereocenters. The summed E-state index contributed by atoms with van der Waals surface area (Å²) in [6, 6.07) is 16.2. The van der Waals surface area contributed by atoms with Crippen molar-refractivity contribution in [2.45, 2.75) is 0 Å². The van der Waals surface area contributed by atoms with Crippen LogP contribution in [-0.2, 0) is 4.79 Å². The van der Waals surface area contributed by atoms with E-state index in [-0.39, 0.29) is 12.2 Å². The van der Waals surface area contributed by atoms with Crippen molar-refractivity contribution in [2.24, 2.45) is 0 Å². The van der Waals surface area contributed by atoms with Crippen LogP contribution in [0.5, 0.6) is 17.2 Å². The van der Waals surface area contributed by atoms with Crippen molar-refractivity contribution < 1.29 is 19.7 Å². The smallest absolute Gasteiger partial charge is 0.290 e. The molecule has 0 aliphatic heterocycles. The highest BCUT2D eigenvalue weighted by Gasteiger charge is 1.95. The molecule has 0 bridgehead atoms. The van der Waals surface area contributed by atoms with Crippen molar-refractivity contribution in [1.82, 2.24) is 0 Å². The van der Waals surface area contributed by atoms with Crippen molar-refractivity contribution in [2.75, 3.05) is 0 Å². The lowest BCUT2D eigenvalue weighted by Gasteiger charge is -2.04. The summed E-state index contributed by atoms with van der Waals surface area (Å²) in [4.78, 5) is 8.36. The number of aromatic hydroxyl groups is 1. The molecule has 2 aromatic carbocycles. The van der Waals surface area contributed by atoms with E-state index >= 15 is 0 Å². The molecule has 0 fully saturated rings. The first kappa shape index (κ1) is 12.6. The fourth-order valence-electron chi connectivity index (χ4n) is 1.14. The molecule has 88 valence electrons. The summed E-state index contributed by atoms with van der Waals surface area (Å²) in [5, 5.41) is 16.0. The molecule has 0 aromatic heterocycles. The molecule has 0 unspecified atom stereocenters. The number of para-hydroxylation sites is 1. The Morgan fingerprint density at radius 1 is 0.882 bits per heavy atom. The number of ether oxygens (including phenoxy) is 1. The Labute approximate surface area is 98.7 Å². The summed E-state index contributed by atoms with van der Waals surface area (Å²) < 4.78 is 5.52. The molecule has 0 saturated heterocycles. The van der Waals surface area contributed by atoms with Crippen LogP contribution in [0.25, 0.3) is 0 Å². The van der Waals surface area contributed by atoms with E-state index in [9.17, 15) is 0 Å². The van der Waals surface area contributed by atoms with Crippen LogP contribution in [0, 0.1) is 0 Å². The van der Waals surface area contributed by atoms with Crippen LogP contribution in [0.2, 0.25) is 0 Å². The van der Waals surface area contributed by atoms with Crippen molar-refractivity contribution in [1.29, 1.82) is 0 Å². The molecule has 4 heteroatoms. The van der Waals surface area contributed by atoms with Gasteiger partial charge >= 0.3 is 0 Å². The van der Waals surface area contributed by atoms with Crippen LogP contribution in [-0.4, -0.2) is 16.7 Å². The maximum Gasteiger partial charge on any atom is 0.290 e. The van der Waals surface area contributed by atoms with Crippen LogP contribution >= 0.6 is 0 Å². The van der Waals surface area contributed by atoms with Crippen LogP contribution in [0.1, 0.15) is 0 Å². The number of hydrogen-bond acceptors (Lipinski definition) is 3. The highest BCUT2D eigenvalue weighted by molar-refractivity contribution is 5.34. The molecule has 0 aliphatic rings. The molecule has 0 heterocycles. The predicted molar refractivity (Wildman–Crippen MR) is 63.3 cm³/mol. The van der Waals surface area contributed by atoms with Gasteiger partial charge in [0.05, 0.1) is 0 Å². The molecule has 2 N–H and O–H groups in total. The van der Waals surface area contributed by atoms with Crippen LogP contribution in [0.4, 0.5) is 0 Å². The lowest BCUT2D eigenvalue weighted by molar-refractivity contribution is -0.122. The van der Waals surface area contributed by atoms with Gasteiger partial charge in [-0.05, 0) is 36.4 Å². The fourth-order valence-corrected chi connectivity index (χ4v) is 1.14. The lowest BCUT2D eigenvalue weighted by Crippen LogP contribution is -1.81. The van der Waals surface area contributed by atoms with Gasteiger partial charge in [0.2, 0.25) is 0 Å². The standard InChI is InChI=1S/C12H10O2.CH2O2/c13-10-6-8-12(9-7-10)14-11-4-2-1-3-5-11;2-1-3/h1-9,13H;1H,(H,2,3). The van der Waals surface area contributed by atoms with Crippen molar-refractivity contribution in [3.63, 3.8) is 0 Å². The first-order valence-electron chi connectivity index (χ1n) is 4.86. The van der Waals surface area contributed by atoms with E-state index in [2.05, 4.69) is 0 Å². The monoisotopic (exact) mass is 232 g/mol. The van der Waals surface area contributed by atoms with E-state index in [1.807, 2.05) is 30.3 Å². The molecule has 4 nitrogen and oxygen atoms in total. The van der Waals surface area contributed by atoms with Crippen LogP contribution in [0.15, 0.2) is 54.6 Å². The Morgan fingerprint density at radius 2 is 1.35 bits per heavy atom. The average Bonchev–Trinajstić information content (AvgIpc) is 2.35. The minimum absolute atomic E-state index is 0.241. The van der Waals surface area contributed by atoms with Crippen molar-refractivity contribution in [3.05, 3.63) is 54.6 Å². The summed E-state index contributed by atoms with van der Waals surface area (Å²) in [7, 11) is 0. The predicted octanol–water partition coefficient (Wildman–Crippen LogP) is 2.89. The normalized spacial score (nSPS) is 8.71. The molecule has 0 saturated carbocycles. The van der Waals surface area contributed by atoms with Gasteiger partial charge < -0.3 is 14.9 Å². The number of carbonyl (C=O) groups is 1. The summed E-state index contributed by atoms with van der Waals surface area (Å²) in [5.41, 5.74) is 0. The van der Waals surface area contributed by atoms with Crippen LogP contribution in [0.3, 0.4) is 0 Å². The van der Waals surface area contributed by atoms with Gasteiger partial charge in [0, 0.05) is 0 Å². The fraction of sp³-hybridized carbons (Fsp3) is 0. The van der Waals surface area contributed by atoms with Gasteiger partial charge in [0.25, 0.3) is 6.47 Å². The summed E-state index contributed by atoms with van der Waals surface area (Å²) >= 11 is 0. The molecule has 17 heavy (non-hydrogen) atoms. The molecule has 0 radical (unpaired) electrons. The summed E-state index contributed by atoms with van der Waals surface area (Å²) in [5.74, 6) is 1.75. The number of phenols is 1. The second-order valence-electron chi connectivity index (χ2n) is 3.01. The Balaban J connectivity index is 0.000000437. The molecule has 2 rings (SSSR count). The van der Waals surface area contributed by atoms with Gasteiger partial charge in [0.1, 0.15) is 17.2 Å². The lowest BCUT2D eigenvalue weighted by atomic mass is 10.3. The molecular formula is C13H12O4. The average molecular weight is 232 g/mol. The zero-order chi connectivity index (χ0) is 12.5. The Kier molecular flexibility index (Phi) is 5.10. The van der Waals surface area contributed by atoms with E-state index in [4.69, 9.17) is 19.7 Å². The minimum atomic E-state index is -0.250. The minimum Gasteiger partial charge on any atom is -0.508 e. The molecular weight excluding hydrogens is 220 g/mol. The first-order valence-corrected chi connectivity index (χ1v) is 4.86. The van der Waals surface area contributed by atoms with Gasteiger partial charge in [0.15, 0.2) is 0 Å². The molecule has 0 amide bonds. The van der Waals surface area contributed by atoms with Crippen molar-refractivity contribution in [3.8, 4) is 17.2 Å². The van der Waals surface area contributed by atoms with E-state index in [1.165, 1.54) is 0 Å². The Morgan fingerprint density at radius 3 is 1.88 bits per heavy atom. The SMILES string of the molecule is O=CO.Oc1ccc(Oc2ccccc2)cc1.